The first-order chi connectivity index (χ1) is 16.3. The van der Waals surface area contributed by atoms with Gasteiger partial charge in [-0.15, -0.1) is 0 Å². The van der Waals surface area contributed by atoms with Gasteiger partial charge in [0, 0.05) is 25.4 Å². The highest BCUT2D eigenvalue weighted by Crippen LogP contribution is 2.49. The number of aromatic nitrogens is 3. The molecule has 174 valence electrons. The molecule has 0 saturated carbocycles. The number of nitrogens with one attached hydrogen (secondary N) is 2. The molecule has 1 unspecified atom stereocenters. The summed E-state index contributed by atoms with van der Waals surface area (Å²) in [5, 5.41) is 8.73. The molecule has 6 rings (SSSR count). The Labute approximate surface area is 191 Å². The number of carbonyl (C=O) groups excluding carboxylic acids is 3. The van der Waals surface area contributed by atoms with Crippen molar-refractivity contribution in [2.24, 2.45) is 5.41 Å². The van der Waals surface area contributed by atoms with Crippen LogP contribution in [0.5, 0.6) is 0 Å². The smallest absolute Gasteiger partial charge is 0.328 e. The summed E-state index contributed by atoms with van der Waals surface area (Å²) in [7, 11) is 0. The minimum absolute atomic E-state index is 0.0737. The number of hydrogen-bond acceptors (Lipinski definition) is 9. The van der Waals surface area contributed by atoms with Crippen LogP contribution in [0.25, 0.3) is 22.5 Å². The van der Waals surface area contributed by atoms with Crippen LogP contribution in [-0.4, -0.2) is 57.8 Å². The summed E-state index contributed by atoms with van der Waals surface area (Å²) in [6, 6.07) is 1.55. The lowest BCUT2D eigenvalue weighted by atomic mass is 9.66. The molecule has 1 aromatic carbocycles. The van der Waals surface area contributed by atoms with Crippen LogP contribution in [0.3, 0.4) is 0 Å². The maximum absolute atomic E-state index is 16.0. The molecule has 4 amide bonds. The molecule has 1 spiro atoms. The summed E-state index contributed by atoms with van der Waals surface area (Å²) in [6.07, 6.45) is 2.00. The Morgan fingerprint density at radius 2 is 1.85 bits per heavy atom. The number of hydrogen-bond donors (Lipinski definition) is 2. The fourth-order valence-corrected chi connectivity index (χ4v) is 5.53. The molecule has 3 atom stereocenters. The van der Waals surface area contributed by atoms with Crippen LogP contribution in [0.4, 0.5) is 14.9 Å². The first-order valence-corrected chi connectivity index (χ1v) is 10.8. The number of ether oxygens (including phenoxy) is 1. The summed E-state index contributed by atoms with van der Waals surface area (Å²) in [5.41, 5.74) is -0.913. The molecule has 5 heterocycles. The second-order valence-corrected chi connectivity index (χ2v) is 8.81. The third kappa shape index (κ3) is 2.65. The molecule has 3 aliphatic heterocycles. The SMILES string of the molecule is C[C@H]1CN2c3c(cc4c(-c5ncccn5)noc4c3F)CC3(C(=O)NC(=O)NC3=O)C2[C@@H](C)O1. The number of fused-ring (bicyclic) bond motifs is 5. The number of benzene rings is 1. The van der Waals surface area contributed by atoms with Gasteiger partial charge in [-0.05, 0) is 31.5 Å². The maximum atomic E-state index is 16.0. The summed E-state index contributed by atoms with van der Waals surface area (Å²) in [5.74, 6) is -1.90. The van der Waals surface area contributed by atoms with Crippen LogP contribution in [0.2, 0.25) is 0 Å². The Kier molecular flexibility index (Phi) is 4.27. The topological polar surface area (TPSA) is 140 Å². The van der Waals surface area contributed by atoms with Gasteiger partial charge in [0.2, 0.25) is 17.4 Å². The lowest BCUT2D eigenvalue weighted by Crippen LogP contribution is -2.75. The van der Waals surface area contributed by atoms with Gasteiger partial charge >= 0.3 is 6.03 Å². The highest BCUT2D eigenvalue weighted by atomic mass is 19.1. The van der Waals surface area contributed by atoms with E-state index in [0.29, 0.717) is 10.9 Å². The minimum Gasteiger partial charge on any atom is -0.372 e. The van der Waals surface area contributed by atoms with Gasteiger partial charge in [0.05, 0.1) is 29.3 Å². The molecule has 12 heteroatoms. The average Bonchev–Trinajstić information content (AvgIpc) is 3.21. The van der Waals surface area contributed by atoms with Crippen LogP contribution in [-0.2, 0) is 20.7 Å². The van der Waals surface area contributed by atoms with Gasteiger partial charge in [-0.3, -0.25) is 20.2 Å². The van der Waals surface area contributed by atoms with Crippen molar-refractivity contribution in [1.29, 1.82) is 0 Å². The lowest BCUT2D eigenvalue weighted by Gasteiger charge is -2.55. The largest absolute Gasteiger partial charge is 0.372 e. The van der Waals surface area contributed by atoms with E-state index in [1.54, 1.807) is 24.0 Å². The van der Waals surface area contributed by atoms with E-state index >= 15 is 4.39 Å². The van der Waals surface area contributed by atoms with Gasteiger partial charge in [0.25, 0.3) is 0 Å². The van der Waals surface area contributed by atoms with Gasteiger partial charge < -0.3 is 14.2 Å². The van der Waals surface area contributed by atoms with Crippen molar-refractivity contribution in [3.8, 4) is 11.5 Å². The van der Waals surface area contributed by atoms with Gasteiger partial charge in [0.1, 0.15) is 0 Å². The second-order valence-electron chi connectivity index (χ2n) is 8.81. The fraction of sp³-hybridized carbons (Fsp3) is 0.364. The Morgan fingerprint density at radius 3 is 2.56 bits per heavy atom. The number of rotatable bonds is 1. The Bertz CT molecular complexity index is 1360. The molecule has 3 aliphatic rings. The van der Waals surface area contributed by atoms with Crippen LogP contribution < -0.4 is 15.5 Å². The summed E-state index contributed by atoms with van der Waals surface area (Å²) in [6.45, 7) is 3.78. The molecule has 3 aromatic rings. The number of morpholine rings is 1. The third-order valence-electron chi connectivity index (χ3n) is 6.74. The van der Waals surface area contributed by atoms with Crippen molar-refractivity contribution in [1.82, 2.24) is 25.8 Å². The highest BCUT2D eigenvalue weighted by molar-refractivity contribution is 6.20. The zero-order valence-electron chi connectivity index (χ0n) is 18.2. The van der Waals surface area contributed by atoms with E-state index < -0.39 is 41.2 Å². The standard InChI is InChI=1S/C22H19FN6O5/c1-9-8-29-15-11(6-12-14(18-24-4-3-5-25-18)28-34-16(12)13(15)23)7-22(17(29)10(2)33-9)19(30)26-21(32)27-20(22)31/h3-6,9-10,17H,7-8H2,1-2H3,(H2,26,27,30,31,32)/t9-,10+,17?/m0/s1. The predicted octanol–water partition coefficient (Wildman–Crippen LogP) is 1.31. The van der Waals surface area contributed by atoms with Crippen molar-refractivity contribution < 1.29 is 28.0 Å². The molecule has 0 aliphatic carbocycles. The van der Waals surface area contributed by atoms with Crippen LogP contribution in [0.15, 0.2) is 29.0 Å². The molecule has 2 aromatic heterocycles. The van der Waals surface area contributed by atoms with Crippen molar-refractivity contribution in [3.63, 3.8) is 0 Å². The van der Waals surface area contributed by atoms with Crippen LogP contribution in [0, 0.1) is 11.2 Å². The molecule has 34 heavy (non-hydrogen) atoms. The van der Waals surface area contributed by atoms with Gasteiger partial charge in [-0.2, -0.15) is 0 Å². The summed E-state index contributed by atoms with van der Waals surface area (Å²) >= 11 is 0. The highest BCUT2D eigenvalue weighted by Gasteiger charge is 2.63. The van der Waals surface area contributed by atoms with Crippen LogP contribution >= 0.6 is 0 Å². The fourth-order valence-electron chi connectivity index (χ4n) is 5.53. The number of barbiturate groups is 1. The molecule has 2 fully saturated rings. The van der Waals surface area contributed by atoms with E-state index in [1.807, 2.05) is 6.92 Å². The maximum Gasteiger partial charge on any atom is 0.328 e. The zero-order chi connectivity index (χ0) is 23.8. The van der Waals surface area contributed by atoms with E-state index in [1.165, 1.54) is 12.4 Å². The van der Waals surface area contributed by atoms with E-state index in [0.717, 1.165) is 0 Å². The zero-order valence-corrected chi connectivity index (χ0v) is 18.2. The molecule has 0 radical (unpaired) electrons. The molecule has 0 bridgehead atoms. The third-order valence-corrected chi connectivity index (χ3v) is 6.74. The Morgan fingerprint density at radius 1 is 1.15 bits per heavy atom. The van der Waals surface area contributed by atoms with Crippen LogP contribution in [0.1, 0.15) is 19.4 Å². The molecule has 2 saturated heterocycles. The number of amides is 4. The number of imide groups is 2. The van der Waals surface area contributed by atoms with E-state index in [9.17, 15) is 14.4 Å². The summed E-state index contributed by atoms with van der Waals surface area (Å²) < 4.78 is 27.3. The Balaban J connectivity index is 1.61. The van der Waals surface area contributed by atoms with Gasteiger partial charge in [0.15, 0.2) is 22.8 Å². The predicted molar refractivity (Wildman–Crippen MR) is 114 cm³/mol. The van der Waals surface area contributed by atoms with E-state index in [4.69, 9.17) is 9.26 Å². The number of halogens is 1. The van der Waals surface area contributed by atoms with Crippen molar-refractivity contribution >= 4 is 34.5 Å². The molecule has 2 N–H and O–H groups in total. The number of nitrogens with zero attached hydrogens (tertiary/aromatic N) is 4. The van der Waals surface area contributed by atoms with Crippen molar-refractivity contribution in [2.45, 2.75) is 38.5 Å². The monoisotopic (exact) mass is 466 g/mol. The minimum atomic E-state index is -1.71. The first kappa shape index (κ1) is 20.7. The van der Waals surface area contributed by atoms with E-state index in [-0.39, 0.29) is 41.9 Å². The first-order valence-electron chi connectivity index (χ1n) is 10.8. The number of carbonyl (C=O) groups is 3. The quantitative estimate of drug-likeness (QED) is 0.508. The Hall–Kier alpha value is -3.93. The van der Waals surface area contributed by atoms with E-state index in [2.05, 4.69) is 25.8 Å². The van der Waals surface area contributed by atoms with Crippen molar-refractivity contribution in [2.75, 3.05) is 11.4 Å². The van der Waals surface area contributed by atoms with Gasteiger partial charge in [-0.25, -0.2) is 19.2 Å². The number of anilines is 1. The molecule has 11 nitrogen and oxygen atoms in total. The molecular weight excluding hydrogens is 447 g/mol. The van der Waals surface area contributed by atoms with Gasteiger partial charge in [-0.1, -0.05) is 5.16 Å². The average molecular weight is 466 g/mol. The lowest BCUT2D eigenvalue weighted by molar-refractivity contribution is -0.153. The summed E-state index contributed by atoms with van der Waals surface area (Å²) in [4.78, 5) is 48.4. The molecular formula is C22H19FN6O5. The second kappa shape index (κ2) is 7.03. The van der Waals surface area contributed by atoms with Crippen molar-refractivity contribution in [3.05, 3.63) is 35.9 Å². The number of urea groups is 1. The normalized spacial score (nSPS) is 25.7.